The largest absolute Gasteiger partial charge is 0.444 e. The highest BCUT2D eigenvalue weighted by molar-refractivity contribution is 7.99. The zero-order chi connectivity index (χ0) is 30.0. The first kappa shape index (κ1) is 31.9. The number of fused-ring (bicyclic) bond motifs is 1. The molecule has 1 N–H and O–H groups in total. The smallest absolute Gasteiger partial charge is 0.408 e. The van der Waals surface area contributed by atoms with Crippen molar-refractivity contribution in [3.05, 3.63) is 34.4 Å². The summed E-state index contributed by atoms with van der Waals surface area (Å²) in [6.45, 7) is 17.1. The number of rotatable bonds is 9. The molecule has 41 heavy (non-hydrogen) atoms. The molecule has 224 valence electrons. The first-order chi connectivity index (χ1) is 19.1. The number of piperidine rings is 1. The summed E-state index contributed by atoms with van der Waals surface area (Å²) in [6.07, 6.45) is 2.81. The van der Waals surface area contributed by atoms with Crippen LogP contribution in [0.5, 0.6) is 0 Å². The number of ether oxygens (including phenoxy) is 2. The van der Waals surface area contributed by atoms with Crippen molar-refractivity contribution in [2.45, 2.75) is 94.0 Å². The van der Waals surface area contributed by atoms with Crippen LogP contribution in [0, 0.1) is 0 Å². The summed E-state index contributed by atoms with van der Waals surface area (Å²) >= 11 is 14.0. The van der Waals surface area contributed by atoms with Gasteiger partial charge < -0.3 is 19.7 Å². The van der Waals surface area contributed by atoms with Gasteiger partial charge in [0.05, 0.1) is 16.2 Å². The van der Waals surface area contributed by atoms with Gasteiger partial charge in [0.1, 0.15) is 17.4 Å². The maximum absolute atomic E-state index is 12.5. The number of alkyl carbamates (subject to hydrolysis) is 1. The summed E-state index contributed by atoms with van der Waals surface area (Å²) in [5, 5.41) is 4.73. The van der Waals surface area contributed by atoms with Crippen LogP contribution in [0.3, 0.4) is 0 Å². The van der Waals surface area contributed by atoms with E-state index >= 15 is 0 Å². The van der Waals surface area contributed by atoms with Crippen molar-refractivity contribution < 1.29 is 14.3 Å². The van der Waals surface area contributed by atoms with Crippen LogP contribution in [-0.2, 0) is 16.2 Å². The monoisotopic (exact) mass is 638 g/mol. The van der Waals surface area contributed by atoms with E-state index in [-0.39, 0.29) is 5.54 Å². The van der Waals surface area contributed by atoms with Crippen molar-refractivity contribution in [2.24, 2.45) is 0 Å². The number of halogens is 2. The van der Waals surface area contributed by atoms with Crippen LogP contribution in [-0.4, -0.2) is 64.5 Å². The van der Waals surface area contributed by atoms with E-state index in [0.717, 1.165) is 29.7 Å². The van der Waals surface area contributed by atoms with E-state index in [1.54, 1.807) is 12.3 Å². The lowest BCUT2D eigenvalue weighted by atomic mass is 9.90. The third-order valence-electron chi connectivity index (χ3n) is 6.72. The Morgan fingerprint density at radius 3 is 2.54 bits per heavy atom. The molecule has 1 aliphatic rings. The van der Waals surface area contributed by atoms with Gasteiger partial charge in [0, 0.05) is 38.2 Å². The van der Waals surface area contributed by atoms with Crippen molar-refractivity contribution in [3.63, 3.8) is 0 Å². The normalized spacial score (nSPS) is 15.8. The minimum absolute atomic E-state index is 0.335. The molecule has 0 bridgehead atoms. The van der Waals surface area contributed by atoms with Gasteiger partial charge in [0.15, 0.2) is 5.65 Å². The number of carbonyl (C=O) groups excluding carboxylic acids is 1. The maximum atomic E-state index is 12.5. The van der Waals surface area contributed by atoms with Crippen molar-refractivity contribution in [1.82, 2.24) is 24.8 Å². The summed E-state index contributed by atoms with van der Waals surface area (Å²) in [6, 6.07) is 6.58. The third kappa shape index (κ3) is 8.73. The molecule has 1 aromatic carbocycles. The molecule has 3 aromatic rings. The predicted molar refractivity (Wildman–Crippen MR) is 169 cm³/mol. The SMILES string of the molecule is CC1(NC(=O)OC(C)(C)C)CCN(c2nc3nc(Sc4cccc(Cl)c4Cl)cnc3n2COCC[Si](C)(C)C)CC1. The minimum atomic E-state index is -1.23. The Hall–Kier alpha value is -2.05. The van der Waals surface area contributed by atoms with Crippen LogP contribution >= 0.6 is 35.0 Å². The number of imidazole rings is 1. The Morgan fingerprint density at radius 2 is 1.88 bits per heavy atom. The maximum Gasteiger partial charge on any atom is 0.408 e. The van der Waals surface area contributed by atoms with Gasteiger partial charge in [-0.15, -0.1) is 0 Å². The number of nitrogens with zero attached hydrogens (tertiary/aromatic N) is 5. The molecule has 0 radical (unpaired) electrons. The minimum Gasteiger partial charge on any atom is -0.444 e. The third-order valence-corrected chi connectivity index (χ3v) is 10.3. The molecule has 1 amide bonds. The van der Waals surface area contributed by atoms with Gasteiger partial charge in [-0.3, -0.25) is 4.57 Å². The zero-order valence-electron chi connectivity index (χ0n) is 24.9. The lowest BCUT2D eigenvalue weighted by Gasteiger charge is -2.40. The summed E-state index contributed by atoms with van der Waals surface area (Å²) in [5.41, 5.74) is 0.281. The summed E-state index contributed by atoms with van der Waals surface area (Å²) < 4.78 is 13.6. The lowest BCUT2D eigenvalue weighted by molar-refractivity contribution is 0.0447. The Bertz CT molecular complexity index is 1380. The van der Waals surface area contributed by atoms with Crippen molar-refractivity contribution in [3.8, 4) is 0 Å². The predicted octanol–water partition coefficient (Wildman–Crippen LogP) is 7.48. The van der Waals surface area contributed by atoms with Crippen molar-refractivity contribution >= 4 is 66.4 Å². The summed E-state index contributed by atoms with van der Waals surface area (Å²) in [4.78, 5) is 29.9. The van der Waals surface area contributed by atoms with Crippen LogP contribution in [0.4, 0.5) is 10.7 Å². The highest BCUT2D eigenvalue weighted by atomic mass is 35.5. The first-order valence-electron chi connectivity index (χ1n) is 13.8. The van der Waals surface area contributed by atoms with Gasteiger partial charge >= 0.3 is 6.09 Å². The Labute approximate surface area is 257 Å². The molecule has 0 unspecified atom stereocenters. The molecule has 0 spiro atoms. The zero-order valence-corrected chi connectivity index (χ0v) is 28.2. The van der Waals surface area contributed by atoms with E-state index in [1.165, 1.54) is 11.8 Å². The molecule has 2 aromatic heterocycles. The molecule has 0 aliphatic carbocycles. The van der Waals surface area contributed by atoms with Crippen LogP contribution in [0.2, 0.25) is 35.7 Å². The number of hydrogen-bond donors (Lipinski definition) is 1. The van der Waals surface area contributed by atoms with Gasteiger partial charge in [-0.05, 0) is 58.7 Å². The van der Waals surface area contributed by atoms with E-state index in [0.29, 0.717) is 52.8 Å². The molecule has 13 heteroatoms. The van der Waals surface area contributed by atoms with Crippen LogP contribution in [0.1, 0.15) is 40.5 Å². The fraction of sp³-hybridized carbons (Fsp3) is 0.571. The van der Waals surface area contributed by atoms with Gasteiger partial charge in [-0.1, -0.05) is 60.7 Å². The van der Waals surface area contributed by atoms with Gasteiger partial charge in [0.2, 0.25) is 11.6 Å². The number of anilines is 1. The fourth-order valence-electron chi connectivity index (χ4n) is 4.37. The van der Waals surface area contributed by atoms with E-state index in [2.05, 4.69) is 36.8 Å². The number of aromatic nitrogens is 4. The number of benzene rings is 1. The number of amides is 1. The van der Waals surface area contributed by atoms with E-state index < -0.39 is 19.8 Å². The van der Waals surface area contributed by atoms with Crippen molar-refractivity contribution in [2.75, 3.05) is 24.6 Å². The van der Waals surface area contributed by atoms with Gasteiger partial charge in [-0.25, -0.2) is 14.8 Å². The Kier molecular flexibility index (Phi) is 9.85. The first-order valence-corrected chi connectivity index (χ1v) is 19.1. The molecule has 0 saturated carbocycles. The highest BCUT2D eigenvalue weighted by Gasteiger charge is 2.35. The second-order valence-corrected chi connectivity index (χ2v) is 20.3. The van der Waals surface area contributed by atoms with Crippen molar-refractivity contribution in [1.29, 1.82) is 0 Å². The molecular formula is C28H40Cl2N6O3SSi. The molecule has 0 atom stereocenters. The topological polar surface area (TPSA) is 94.4 Å². The second-order valence-electron chi connectivity index (χ2n) is 12.9. The van der Waals surface area contributed by atoms with E-state index in [9.17, 15) is 4.79 Å². The summed E-state index contributed by atoms with van der Waals surface area (Å²) in [7, 11) is -1.23. The number of hydrogen-bond acceptors (Lipinski definition) is 8. The second kappa shape index (κ2) is 12.7. The number of carbonyl (C=O) groups is 1. The molecule has 1 fully saturated rings. The molecule has 1 aliphatic heterocycles. The van der Waals surface area contributed by atoms with Crippen LogP contribution in [0.15, 0.2) is 34.3 Å². The van der Waals surface area contributed by atoms with E-state index in [4.69, 9.17) is 47.6 Å². The molecule has 1 saturated heterocycles. The highest BCUT2D eigenvalue weighted by Crippen LogP contribution is 2.37. The van der Waals surface area contributed by atoms with E-state index in [1.807, 2.05) is 37.5 Å². The Balaban J connectivity index is 1.55. The van der Waals surface area contributed by atoms with Gasteiger partial charge in [0.25, 0.3) is 0 Å². The van der Waals surface area contributed by atoms with Crippen LogP contribution < -0.4 is 10.2 Å². The lowest BCUT2D eigenvalue weighted by Crippen LogP contribution is -2.54. The molecule has 3 heterocycles. The molecule has 4 rings (SSSR count). The molecule has 9 nitrogen and oxygen atoms in total. The van der Waals surface area contributed by atoms with Crippen LogP contribution in [0.25, 0.3) is 11.3 Å². The standard InChI is InChI=1S/C28H40Cl2N6O3SSi/c1-27(2,3)39-26(37)34-28(4)11-13-35(14-12-28)25-33-23-24(36(25)18-38-15-16-41(5,6)7)31-17-21(32-23)40-20-10-8-9-19(29)22(20)30/h8-10,17H,11-16,18H2,1-7H3,(H,34,37). The Morgan fingerprint density at radius 1 is 1.17 bits per heavy atom. The summed E-state index contributed by atoms with van der Waals surface area (Å²) in [5.74, 6) is 0.759. The average Bonchev–Trinajstić information content (AvgIpc) is 3.20. The molecular weight excluding hydrogens is 599 g/mol. The fourth-order valence-corrected chi connectivity index (χ4v) is 6.40. The average molecular weight is 640 g/mol. The van der Waals surface area contributed by atoms with Gasteiger partial charge in [-0.2, -0.15) is 4.98 Å². The quantitative estimate of drug-likeness (QED) is 0.190. The number of nitrogens with one attached hydrogen (secondary N) is 1.